The van der Waals surface area contributed by atoms with Crippen molar-refractivity contribution < 1.29 is 9.53 Å². The summed E-state index contributed by atoms with van der Waals surface area (Å²) >= 11 is 1.68. The average molecular weight is 313 g/mol. The molecule has 0 saturated carbocycles. The lowest BCUT2D eigenvalue weighted by molar-refractivity contribution is -0.137. The van der Waals surface area contributed by atoms with Crippen LogP contribution in [0.3, 0.4) is 0 Å². The van der Waals surface area contributed by atoms with Gasteiger partial charge in [0.1, 0.15) is 6.61 Å². The molecule has 0 fully saturated rings. The van der Waals surface area contributed by atoms with Gasteiger partial charge in [0.2, 0.25) is 0 Å². The van der Waals surface area contributed by atoms with Crippen LogP contribution < -0.4 is 0 Å². The molecule has 0 N–H and O–H groups in total. The Morgan fingerprint density at radius 3 is 2.57 bits per heavy atom. The third-order valence-corrected chi connectivity index (χ3v) is 3.85. The minimum absolute atomic E-state index is 0.240. The Hall–Kier alpha value is -0.700. The van der Waals surface area contributed by atoms with Crippen LogP contribution in [-0.4, -0.2) is 24.6 Å². The first-order valence-electron chi connectivity index (χ1n) is 7.96. The smallest absolute Gasteiger partial charge is 0.331 e. The zero-order chi connectivity index (χ0) is 16.1. The Balaban J connectivity index is 3.91. The van der Waals surface area contributed by atoms with Crippen LogP contribution in [0.15, 0.2) is 23.8 Å². The van der Waals surface area contributed by atoms with E-state index >= 15 is 0 Å². The summed E-state index contributed by atoms with van der Waals surface area (Å²) in [5.74, 6) is 2.12. The second-order valence-corrected chi connectivity index (χ2v) is 7.10. The summed E-state index contributed by atoms with van der Waals surface area (Å²) in [7, 11) is 0. The molecular formula is C18H32O2S. The van der Waals surface area contributed by atoms with E-state index in [1.165, 1.54) is 19.3 Å². The van der Waals surface area contributed by atoms with E-state index < -0.39 is 0 Å². The highest BCUT2D eigenvalue weighted by Crippen LogP contribution is 2.15. The molecule has 0 heterocycles. The molecule has 0 amide bonds. The van der Waals surface area contributed by atoms with Crippen molar-refractivity contribution in [2.45, 2.75) is 53.4 Å². The molecular weight excluding hydrogens is 280 g/mol. The topological polar surface area (TPSA) is 26.3 Å². The maximum atomic E-state index is 11.5. The molecule has 0 radical (unpaired) electrons. The summed E-state index contributed by atoms with van der Waals surface area (Å²) in [5, 5.41) is 0. The van der Waals surface area contributed by atoms with Crippen LogP contribution in [0.25, 0.3) is 0 Å². The van der Waals surface area contributed by atoms with Gasteiger partial charge in [-0.2, -0.15) is 11.8 Å². The first-order valence-corrected chi connectivity index (χ1v) is 9.35. The van der Waals surface area contributed by atoms with Gasteiger partial charge in [0.25, 0.3) is 0 Å². The molecule has 1 unspecified atom stereocenters. The maximum absolute atomic E-state index is 11.5. The molecule has 122 valence electrons. The molecule has 0 aromatic rings. The molecule has 0 aliphatic rings. The summed E-state index contributed by atoms with van der Waals surface area (Å²) in [6.07, 6.45) is 12.7. The fourth-order valence-electron chi connectivity index (χ4n) is 1.98. The number of allylic oxidation sites excluding steroid dienone is 3. The van der Waals surface area contributed by atoms with Gasteiger partial charge >= 0.3 is 5.97 Å². The van der Waals surface area contributed by atoms with Crippen LogP contribution >= 0.6 is 11.8 Å². The molecule has 2 nitrogen and oxygen atoms in total. The fourth-order valence-corrected chi connectivity index (χ4v) is 2.23. The Kier molecular flexibility index (Phi) is 12.6. The lowest BCUT2D eigenvalue weighted by Gasteiger charge is -2.09. The van der Waals surface area contributed by atoms with E-state index in [9.17, 15) is 4.79 Å². The summed E-state index contributed by atoms with van der Waals surface area (Å²) in [4.78, 5) is 11.5. The molecule has 0 spiro atoms. The third kappa shape index (κ3) is 14.0. The molecule has 1 atom stereocenters. The van der Waals surface area contributed by atoms with Crippen molar-refractivity contribution in [1.29, 1.82) is 0 Å². The normalized spacial score (nSPS) is 13.9. The van der Waals surface area contributed by atoms with Crippen molar-refractivity contribution in [3.8, 4) is 0 Å². The van der Waals surface area contributed by atoms with E-state index in [1.54, 1.807) is 17.8 Å². The number of hydrogen-bond acceptors (Lipinski definition) is 3. The Labute approximate surface area is 135 Å². The predicted octanol–water partition coefficient (Wildman–Crippen LogP) is 5.25. The molecule has 21 heavy (non-hydrogen) atoms. The van der Waals surface area contributed by atoms with Gasteiger partial charge in [-0.3, -0.25) is 0 Å². The van der Waals surface area contributed by atoms with Crippen molar-refractivity contribution in [2.24, 2.45) is 11.8 Å². The number of hydrogen-bond donors (Lipinski definition) is 0. The molecule has 0 aromatic heterocycles. The first kappa shape index (κ1) is 20.3. The highest BCUT2D eigenvalue weighted by molar-refractivity contribution is 7.98. The molecule has 0 bridgehead atoms. The second kappa shape index (κ2) is 13.0. The minimum Gasteiger partial charge on any atom is -0.462 e. The largest absolute Gasteiger partial charge is 0.462 e. The number of esters is 1. The van der Waals surface area contributed by atoms with E-state index in [0.29, 0.717) is 12.5 Å². The number of ether oxygens (including phenoxy) is 1. The number of rotatable bonds is 11. The zero-order valence-electron chi connectivity index (χ0n) is 14.4. The van der Waals surface area contributed by atoms with Crippen LogP contribution in [0.1, 0.15) is 53.4 Å². The number of thioether (sulfide) groups is 1. The SMILES string of the molecule is CSCCOC(=O)C=C(C)C=CCC(C)CCCC(C)C. The van der Waals surface area contributed by atoms with Crippen molar-refractivity contribution in [1.82, 2.24) is 0 Å². The lowest BCUT2D eigenvalue weighted by atomic mass is 9.97. The fraction of sp³-hybridized carbons (Fsp3) is 0.722. The van der Waals surface area contributed by atoms with Crippen molar-refractivity contribution >= 4 is 17.7 Å². The van der Waals surface area contributed by atoms with Gasteiger partial charge in [-0.1, -0.05) is 52.2 Å². The minimum atomic E-state index is -0.240. The van der Waals surface area contributed by atoms with E-state index in [1.807, 2.05) is 19.3 Å². The maximum Gasteiger partial charge on any atom is 0.331 e. The van der Waals surface area contributed by atoms with E-state index in [0.717, 1.165) is 23.7 Å². The van der Waals surface area contributed by atoms with Gasteiger partial charge in [-0.15, -0.1) is 0 Å². The molecule has 3 heteroatoms. The zero-order valence-corrected chi connectivity index (χ0v) is 15.2. The summed E-state index contributed by atoms with van der Waals surface area (Å²) in [6, 6.07) is 0. The Morgan fingerprint density at radius 2 is 1.95 bits per heavy atom. The van der Waals surface area contributed by atoms with Crippen LogP contribution in [-0.2, 0) is 9.53 Å². The van der Waals surface area contributed by atoms with Gasteiger partial charge < -0.3 is 4.74 Å². The standard InChI is InChI=1S/C18H32O2S/c1-15(2)8-6-9-16(3)10-7-11-17(4)14-18(19)20-12-13-21-5/h7,11,14-16H,6,8-10,12-13H2,1-5H3. The lowest BCUT2D eigenvalue weighted by Crippen LogP contribution is -2.04. The summed E-state index contributed by atoms with van der Waals surface area (Å²) in [6.45, 7) is 9.27. The van der Waals surface area contributed by atoms with Gasteiger partial charge in [-0.25, -0.2) is 4.79 Å². The Morgan fingerprint density at radius 1 is 1.24 bits per heavy atom. The molecule has 0 aliphatic heterocycles. The van der Waals surface area contributed by atoms with E-state index in [-0.39, 0.29) is 5.97 Å². The van der Waals surface area contributed by atoms with E-state index in [4.69, 9.17) is 4.74 Å². The van der Waals surface area contributed by atoms with E-state index in [2.05, 4.69) is 26.8 Å². The first-order chi connectivity index (χ1) is 9.95. The van der Waals surface area contributed by atoms with Crippen LogP contribution in [0.4, 0.5) is 0 Å². The van der Waals surface area contributed by atoms with Crippen LogP contribution in [0.2, 0.25) is 0 Å². The summed E-state index contributed by atoms with van der Waals surface area (Å²) in [5.41, 5.74) is 0.957. The second-order valence-electron chi connectivity index (χ2n) is 6.12. The molecule has 0 saturated heterocycles. The van der Waals surface area contributed by atoms with Crippen LogP contribution in [0.5, 0.6) is 0 Å². The van der Waals surface area contributed by atoms with Crippen LogP contribution in [0, 0.1) is 11.8 Å². The van der Waals surface area contributed by atoms with Crippen molar-refractivity contribution in [3.05, 3.63) is 23.8 Å². The third-order valence-electron chi connectivity index (χ3n) is 3.27. The van der Waals surface area contributed by atoms with Crippen molar-refractivity contribution in [3.63, 3.8) is 0 Å². The van der Waals surface area contributed by atoms with Crippen molar-refractivity contribution in [2.75, 3.05) is 18.6 Å². The predicted molar refractivity (Wildman–Crippen MR) is 94.7 cm³/mol. The van der Waals surface area contributed by atoms with Gasteiger partial charge in [0.15, 0.2) is 0 Å². The number of carbonyl (C=O) groups is 1. The quantitative estimate of drug-likeness (QED) is 0.226. The monoisotopic (exact) mass is 312 g/mol. The highest BCUT2D eigenvalue weighted by atomic mass is 32.2. The highest BCUT2D eigenvalue weighted by Gasteiger charge is 2.01. The van der Waals surface area contributed by atoms with Gasteiger partial charge in [-0.05, 0) is 37.0 Å². The summed E-state index contributed by atoms with van der Waals surface area (Å²) < 4.78 is 5.09. The molecule has 0 rings (SSSR count). The van der Waals surface area contributed by atoms with Gasteiger partial charge in [0, 0.05) is 11.8 Å². The molecule has 0 aromatic carbocycles. The molecule has 0 aliphatic carbocycles. The van der Waals surface area contributed by atoms with Gasteiger partial charge in [0.05, 0.1) is 0 Å². The average Bonchev–Trinajstić information content (AvgIpc) is 2.38. The number of carbonyl (C=O) groups excluding carboxylic acids is 1. The Bertz CT molecular complexity index is 332.